The minimum Gasteiger partial charge on any atom is -0.383 e. The summed E-state index contributed by atoms with van der Waals surface area (Å²) in [4.78, 5) is 15.0. The molecule has 1 heterocycles. The van der Waals surface area contributed by atoms with E-state index < -0.39 is 0 Å². The summed E-state index contributed by atoms with van der Waals surface area (Å²) in [7, 11) is 3.36. The largest absolute Gasteiger partial charge is 0.383 e. The normalized spacial score (nSPS) is 27.8. The molecule has 1 amide bonds. The Hall–Kier alpha value is -0.360. The van der Waals surface area contributed by atoms with Gasteiger partial charge in [-0.05, 0) is 25.3 Å². The topological polar surface area (TPSA) is 50.8 Å². The molecular weight excluding hydrogens is 292 g/mol. The average Bonchev–Trinajstić information content (AvgIpc) is 2.92. The van der Waals surface area contributed by atoms with Crippen molar-refractivity contribution < 1.29 is 14.3 Å². The predicted molar refractivity (Wildman–Crippen MR) is 84.8 cm³/mol. The van der Waals surface area contributed by atoms with Crippen LogP contribution in [0.25, 0.3) is 0 Å². The Bertz CT molecular complexity index is 322. The number of rotatable bonds is 7. The number of amides is 1. The molecule has 1 saturated carbocycles. The van der Waals surface area contributed by atoms with E-state index in [0.29, 0.717) is 38.1 Å². The van der Waals surface area contributed by atoms with Gasteiger partial charge in [0, 0.05) is 33.9 Å². The molecule has 0 aromatic heterocycles. The summed E-state index contributed by atoms with van der Waals surface area (Å²) in [5.74, 6) is 0.817. The van der Waals surface area contributed by atoms with Crippen molar-refractivity contribution in [2.45, 2.75) is 25.7 Å². The van der Waals surface area contributed by atoms with Crippen LogP contribution in [0.4, 0.5) is 0 Å². The molecule has 1 saturated heterocycles. The Morgan fingerprint density at radius 2 is 1.90 bits per heavy atom. The lowest BCUT2D eigenvalue weighted by atomic mass is 9.67. The molecule has 0 unspecified atom stereocenters. The van der Waals surface area contributed by atoms with Gasteiger partial charge in [0.15, 0.2) is 0 Å². The number of carbonyl (C=O) groups excluding carboxylic acids is 1. The summed E-state index contributed by atoms with van der Waals surface area (Å²) in [5, 5.41) is 3.44. The van der Waals surface area contributed by atoms with E-state index in [9.17, 15) is 4.79 Å². The molecular formula is C15H29ClN2O3. The van der Waals surface area contributed by atoms with Gasteiger partial charge in [-0.2, -0.15) is 0 Å². The van der Waals surface area contributed by atoms with E-state index in [4.69, 9.17) is 9.47 Å². The highest BCUT2D eigenvalue weighted by Crippen LogP contribution is 2.45. The highest BCUT2D eigenvalue weighted by atomic mass is 35.5. The van der Waals surface area contributed by atoms with Crippen LogP contribution < -0.4 is 5.32 Å². The SMILES string of the molecule is COCCN(CCOC)C(=O)[C@@]12CCCC[C@H]1CNC2.Cl. The molecule has 5 nitrogen and oxygen atoms in total. The summed E-state index contributed by atoms with van der Waals surface area (Å²) in [6.45, 7) is 4.33. The highest BCUT2D eigenvalue weighted by Gasteiger charge is 2.51. The van der Waals surface area contributed by atoms with Crippen molar-refractivity contribution in [3.63, 3.8) is 0 Å². The molecule has 0 aromatic rings. The van der Waals surface area contributed by atoms with Crippen LogP contribution in [-0.2, 0) is 14.3 Å². The monoisotopic (exact) mass is 320 g/mol. The third-order valence-corrected chi connectivity index (χ3v) is 4.88. The van der Waals surface area contributed by atoms with Crippen molar-refractivity contribution in [1.29, 1.82) is 0 Å². The van der Waals surface area contributed by atoms with Crippen LogP contribution in [-0.4, -0.2) is 64.4 Å². The van der Waals surface area contributed by atoms with Crippen LogP contribution in [0.15, 0.2) is 0 Å². The second-order valence-electron chi connectivity index (χ2n) is 6.01. The van der Waals surface area contributed by atoms with Gasteiger partial charge in [-0.25, -0.2) is 0 Å². The Morgan fingerprint density at radius 1 is 1.24 bits per heavy atom. The quantitative estimate of drug-likeness (QED) is 0.768. The number of hydrogen-bond donors (Lipinski definition) is 1. The maximum atomic E-state index is 13.1. The summed E-state index contributed by atoms with van der Waals surface area (Å²) in [6.07, 6.45) is 4.64. The zero-order chi connectivity index (χ0) is 14.4. The van der Waals surface area contributed by atoms with Gasteiger partial charge in [0.05, 0.1) is 18.6 Å². The van der Waals surface area contributed by atoms with Crippen LogP contribution in [0.3, 0.4) is 0 Å². The molecule has 2 atom stereocenters. The molecule has 2 rings (SSSR count). The van der Waals surface area contributed by atoms with E-state index in [2.05, 4.69) is 5.32 Å². The lowest BCUT2D eigenvalue weighted by Crippen LogP contribution is -2.51. The molecule has 1 N–H and O–H groups in total. The fourth-order valence-corrected chi connectivity index (χ4v) is 3.70. The van der Waals surface area contributed by atoms with Gasteiger partial charge in [0.1, 0.15) is 0 Å². The standard InChI is InChI=1S/C15H28N2O3.ClH/c1-19-9-7-17(8-10-20-2)14(18)15-6-4-3-5-13(15)11-16-12-15;/h13,16H,3-12H2,1-2H3;1H/t13-,15+;/m0./s1. The Morgan fingerprint density at radius 3 is 2.52 bits per heavy atom. The molecule has 0 bridgehead atoms. The van der Waals surface area contributed by atoms with Crippen molar-refractivity contribution in [2.75, 3.05) is 53.6 Å². The second-order valence-corrected chi connectivity index (χ2v) is 6.01. The Kier molecular flexibility index (Phi) is 7.95. The number of hydrogen-bond acceptors (Lipinski definition) is 4. The van der Waals surface area contributed by atoms with Gasteiger partial charge >= 0.3 is 0 Å². The molecule has 1 aliphatic carbocycles. The highest BCUT2D eigenvalue weighted by molar-refractivity contribution is 5.85. The number of ether oxygens (including phenoxy) is 2. The van der Waals surface area contributed by atoms with Crippen molar-refractivity contribution in [2.24, 2.45) is 11.3 Å². The lowest BCUT2D eigenvalue weighted by molar-refractivity contribution is -0.146. The van der Waals surface area contributed by atoms with Gasteiger partial charge in [0.2, 0.25) is 5.91 Å². The molecule has 124 valence electrons. The predicted octanol–water partition coefficient (Wildman–Crippen LogP) is 1.31. The van der Waals surface area contributed by atoms with Gasteiger partial charge in [-0.1, -0.05) is 12.8 Å². The van der Waals surface area contributed by atoms with E-state index in [1.807, 2.05) is 4.90 Å². The first-order valence-corrected chi connectivity index (χ1v) is 7.72. The van der Waals surface area contributed by atoms with Crippen LogP contribution in [0.1, 0.15) is 25.7 Å². The summed E-state index contributed by atoms with van der Waals surface area (Å²) in [5.41, 5.74) is -0.167. The number of nitrogens with one attached hydrogen (secondary N) is 1. The summed E-state index contributed by atoms with van der Waals surface area (Å²) in [6, 6.07) is 0. The van der Waals surface area contributed by atoms with E-state index >= 15 is 0 Å². The first-order chi connectivity index (χ1) is 9.74. The third kappa shape index (κ3) is 4.09. The molecule has 0 aromatic carbocycles. The fourth-order valence-electron chi connectivity index (χ4n) is 3.70. The van der Waals surface area contributed by atoms with Crippen molar-refractivity contribution >= 4 is 18.3 Å². The maximum absolute atomic E-state index is 13.1. The fraction of sp³-hybridized carbons (Fsp3) is 0.933. The van der Waals surface area contributed by atoms with Crippen molar-refractivity contribution in [1.82, 2.24) is 10.2 Å². The van der Waals surface area contributed by atoms with Crippen molar-refractivity contribution in [3.05, 3.63) is 0 Å². The summed E-state index contributed by atoms with van der Waals surface area (Å²) < 4.78 is 10.3. The summed E-state index contributed by atoms with van der Waals surface area (Å²) >= 11 is 0. The Labute approximate surface area is 134 Å². The maximum Gasteiger partial charge on any atom is 0.230 e. The molecule has 1 aliphatic heterocycles. The number of carbonyl (C=O) groups is 1. The van der Waals surface area contributed by atoms with E-state index in [1.165, 1.54) is 19.3 Å². The number of methoxy groups -OCH3 is 2. The van der Waals surface area contributed by atoms with Crippen LogP contribution in [0, 0.1) is 11.3 Å². The minimum atomic E-state index is -0.167. The lowest BCUT2D eigenvalue weighted by Gasteiger charge is -2.40. The van der Waals surface area contributed by atoms with Gasteiger partial charge in [0.25, 0.3) is 0 Å². The molecule has 6 heteroatoms. The zero-order valence-corrected chi connectivity index (χ0v) is 14.0. The smallest absolute Gasteiger partial charge is 0.230 e. The van der Waals surface area contributed by atoms with Crippen LogP contribution >= 0.6 is 12.4 Å². The van der Waals surface area contributed by atoms with Crippen LogP contribution in [0.2, 0.25) is 0 Å². The Balaban J connectivity index is 0.00000220. The second kappa shape index (κ2) is 8.93. The van der Waals surface area contributed by atoms with E-state index in [0.717, 1.165) is 19.5 Å². The van der Waals surface area contributed by atoms with E-state index in [-0.39, 0.29) is 17.8 Å². The third-order valence-electron chi connectivity index (χ3n) is 4.88. The number of halogens is 1. The molecule has 2 fully saturated rings. The average molecular weight is 321 g/mol. The van der Waals surface area contributed by atoms with Gasteiger partial charge in [-0.15, -0.1) is 12.4 Å². The molecule has 0 radical (unpaired) electrons. The number of nitrogens with zero attached hydrogens (tertiary/aromatic N) is 1. The first kappa shape index (κ1) is 18.7. The first-order valence-electron chi connectivity index (χ1n) is 7.72. The number of fused-ring (bicyclic) bond motifs is 1. The van der Waals surface area contributed by atoms with Crippen LogP contribution in [0.5, 0.6) is 0 Å². The van der Waals surface area contributed by atoms with Gasteiger partial charge in [-0.3, -0.25) is 4.79 Å². The minimum absolute atomic E-state index is 0. The molecule has 21 heavy (non-hydrogen) atoms. The van der Waals surface area contributed by atoms with Crippen molar-refractivity contribution in [3.8, 4) is 0 Å². The molecule has 2 aliphatic rings. The molecule has 0 spiro atoms. The van der Waals surface area contributed by atoms with Gasteiger partial charge < -0.3 is 19.7 Å². The zero-order valence-electron chi connectivity index (χ0n) is 13.2. The van der Waals surface area contributed by atoms with E-state index in [1.54, 1.807) is 14.2 Å².